The minimum atomic E-state index is 0.322. The Kier molecular flexibility index (Phi) is 7.77. The fourth-order valence-corrected chi connectivity index (χ4v) is 2.23. The van der Waals surface area contributed by atoms with Crippen molar-refractivity contribution in [2.75, 3.05) is 40.0 Å². The maximum absolute atomic E-state index is 8.72. The molecule has 102 valence electrons. The smallest absolute Gasteiger partial charge is 0.0620 e. The lowest BCUT2D eigenvalue weighted by molar-refractivity contribution is 0.0643. The number of aliphatic hydroxyl groups excluding tert-OH is 1. The van der Waals surface area contributed by atoms with Crippen LogP contribution in [0.2, 0.25) is 0 Å². The lowest BCUT2D eigenvalue weighted by Gasteiger charge is -2.31. The molecule has 4 nitrogen and oxygen atoms in total. The van der Waals surface area contributed by atoms with Crippen LogP contribution in [-0.4, -0.2) is 62.0 Å². The molecular weight excluding hydrogens is 216 g/mol. The maximum Gasteiger partial charge on any atom is 0.0620 e. The second-order valence-corrected chi connectivity index (χ2v) is 5.08. The van der Waals surface area contributed by atoms with Gasteiger partial charge in [-0.3, -0.25) is 0 Å². The third-order valence-electron chi connectivity index (χ3n) is 3.55. The fourth-order valence-electron chi connectivity index (χ4n) is 2.23. The van der Waals surface area contributed by atoms with Crippen LogP contribution in [0.4, 0.5) is 0 Å². The molecule has 1 rings (SSSR count). The van der Waals surface area contributed by atoms with E-state index in [-0.39, 0.29) is 0 Å². The number of nitrogens with one attached hydrogen (secondary N) is 1. The molecule has 2 atom stereocenters. The number of aliphatic hydroxyl groups is 1. The fraction of sp³-hybridized carbons (Fsp3) is 1.00. The van der Waals surface area contributed by atoms with Gasteiger partial charge in [0.2, 0.25) is 0 Å². The normalized spacial score (nSPS) is 22.9. The van der Waals surface area contributed by atoms with E-state index in [4.69, 9.17) is 9.84 Å². The van der Waals surface area contributed by atoms with Gasteiger partial charge in [0, 0.05) is 25.2 Å². The molecule has 17 heavy (non-hydrogen) atoms. The molecule has 0 aromatic carbocycles. The van der Waals surface area contributed by atoms with Gasteiger partial charge >= 0.3 is 0 Å². The van der Waals surface area contributed by atoms with Crippen molar-refractivity contribution in [3.63, 3.8) is 0 Å². The summed E-state index contributed by atoms with van der Waals surface area (Å²) in [6, 6.07) is 1.10. The highest BCUT2D eigenvalue weighted by Crippen LogP contribution is 2.09. The van der Waals surface area contributed by atoms with Gasteiger partial charge in [0.15, 0.2) is 0 Å². The number of hydrogen-bond acceptors (Lipinski definition) is 4. The highest BCUT2D eigenvalue weighted by Gasteiger charge is 2.18. The average Bonchev–Trinajstić information content (AvgIpc) is 2.35. The lowest BCUT2D eigenvalue weighted by atomic mass is 10.1. The number of unbranched alkanes of at least 4 members (excludes halogenated alkanes) is 2. The largest absolute Gasteiger partial charge is 0.396 e. The van der Waals surface area contributed by atoms with Crippen LogP contribution in [0.3, 0.4) is 0 Å². The quantitative estimate of drug-likeness (QED) is 0.621. The van der Waals surface area contributed by atoms with Crippen LogP contribution < -0.4 is 5.32 Å². The van der Waals surface area contributed by atoms with Crippen LogP contribution in [0.25, 0.3) is 0 Å². The van der Waals surface area contributed by atoms with E-state index < -0.39 is 0 Å². The molecule has 1 saturated heterocycles. The summed E-state index contributed by atoms with van der Waals surface area (Å²) in [6.07, 6.45) is 4.38. The second-order valence-electron chi connectivity index (χ2n) is 5.08. The molecule has 0 aliphatic carbocycles. The number of hydrogen-bond donors (Lipinski definition) is 2. The second kappa shape index (κ2) is 8.86. The zero-order valence-electron chi connectivity index (χ0n) is 11.3. The summed E-state index contributed by atoms with van der Waals surface area (Å²) in [5.41, 5.74) is 0. The summed E-state index contributed by atoms with van der Waals surface area (Å²) in [5.74, 6) is 0. The van der Waals surface area contributed by atoms with Crippen molar-refractivity contribution in [1.29, 1.82) is 0 Å². The van der Waals surface area contributed by atoms with Gasteiger partial charge in [-0.15, -0.1) is 0 Å². The molecule has 4 heteroatoms. The minimum absolute atomic E-state index is 0.322. The van der Waals surface area contributed by atoms with Crippen molar-refractivity contribution < 1.29 is 9.84 Å². The third kappa shape index (κ3) is 6.36. The SMILES string of the molecule is CC(CC1COCCN1)N(C)CCCCCO. The van der Waals surface area contributed by atoms with E-state index in [0.717, 1.165) is 45.6 Å². The highest BCUT2D eigenvalue weighted by atomic mass is 16.5. The number of nitrogens with zero attached hydrogens (tertiary/aromatic N) is 1. The highest BCUT2D eigenvalue weighted by molar-refractivity contribution is 4.76. The Morgan fingerprint density at radius 2 is 2.24 bits per heavy atom. The van der Waals surface area contributed by atoms with Crippen LogP contribution in [-0.2, 0) is 4.74 Å². The van der Waals surface area contributed by atoms with Crippen LogP contribution in [0.5, 0.6) is 0 Å². The first kappa shape index (κ1) is 14.9. The van der Waals surface area contributed by atoms with Crippen molar-refractivity contribution in [3.05, 3.63) is 0 Å². The summed E-state index contributed by atoms with van der Waals surface area (Å²) in [4.78, 5) is 2.41. The monoisotopic (exact) mass is 244 g/mol. The van der Waals surface area contributed by atoms with E-state index in [1.807, 2.05) is 0 Å². The Labute approximate surface area is 105 Å². The molecule has 2 N–H and O–H groups in total. The first-order chi connectivity index (χ1) is 8.24. The molecule has 0 aromatic heterocycles. The number of rotatable bonds is 8. The Hall–Kier alpha value is -0.160. The van der Waals surface area contributed by atoms with Gasteiger partial charge in [-0.25, -0.2) is 0 Å². The maximum atomic E-state index is 8.72. The summed E-state index contributed by atoms with van der Waals surface area (Å²) >= 11 is 0. The average molecular weight is 244 g/mol. The van der Waals surface area contributed by atoms with Gasteiger partial charge in [0.05, 0.1) is 13.2 Å². The van der Waals surface area contributed by atoms with Crippen molar-refractivity contribution in [1.82, 2.24) is 10.2 Å². The van der Waals surface area contributed by atoms with Gasteiger partial charge in [-0.05, 0) is 46.2 Å². The van der Waals surface area contributed by atoms with E-state index in [0.29, 0.717) is 18.7 Å². The summed E-state index contributed by atoms with van der Waals surface area (Å²) < 4.78 is 5.47. The Balaban J connectivity index is 2.10. The zero-order valence-corrected chi connectivity index (χ0v) is 11.3. The van der Waals surface area contributed by atoms with E-state index >= 15 is 0 Å². The molecule has 0 radical (unpaired) electrons. The standard InChI is InChI=1S/C13H28N2O2/c1-12(10-13-11-17-9-6-14-13)15(2)7-4-3-5-8-16/h12-14,16H,3-11H2,1-2H3. The van der Waals surface area contributed by atoms with Gasteiger partial charge in [-0.2, -0.15) is 0 Å². The molecule has 0 bridgehead atoms. The van der Waals surface area contributed by atoms with E-state index in [9.17, 15) is 0 Å². The molecular formula is C13H28N2O2. The van der Waals surface area contributed by atoms with Crippen molar-refractivity contribution >= 4 is 0 Å². The van der Waals surface area contributed by atoms with E-state index in [1.165, 1.54) is 6.42 Å². The predicted octanol–water partition coefficient (Wildman–Crippen LogP) is 0.848. The molecule has 1 heterocycles. The van der Waals surface area contributed by atoms with Crippen LogP contribution in [0.1, 0.15) is 32.6 Å². The third-order valence-corrected chi connectivity index (χ3v) is 3.55. The van der Waals surface area contributed by atoms with E-state index in [2.05, 4.69) is 24.2 Å². The first-order valence-corrected chi connectivity index (χ1v) is 6.86. The van der Waals surface area contributed by atoms with Gasteiger partial charge in [0.1, 0.15) is 0 Å². The molecule has 0 saturated carbocycles. The predicted molar refractivity (Wildman–Crippen MR) is 70.3 cm³/mol. The Morgan fingerprint density at radius 3 is 2.88 bits per heavy atom. The summed E-state index contributed by atoms with van der Waals surface area (Å²) in [5, 5.41) is 12.2. The minimum Gasteiger partial charge on any atom is -0.396 e. The van der Waals surface area contributed by atoms with Gasteiger partial charge < -0.3 is 20.1 Å². The van der Waals surface area contributed by atoms with Crippen molar-refractivity contribution in [2.24, 2.45) is 0 Å². The van der Waals surface area contributed by atoms with Crippen LogP contribution in [0, 0.1) is 0 Å². The van der Waals surface area contributed by atoms with Crippen LogP contribution >= 0.6 is 0 Å². The molecule has 1 aliphatic rings. The Morgan fingerprint density at radius 1 is 1.41 bits per heavy atom. The Bertz CT molecular complexity index is 184. The van der Waals surface area contributed by atoms with E-state index in [1.54, 1.807) is 0 Å². The van der Waals surface area contributed by atoms with Gasteiger partial charge in [0.25, 0.3) is 0 Å². The molecule has 1 aliphatic heterocycles. The first-order valence-electron chi connectivity index (χ1n) is 6.86. The summed E-state index contributed by atoms with van der Waals surface area (Å²) in [6.45, 7) is 6.40. The number of ether oxygens (including phenoxy) is 1. The topological polar surface area (TPSA) is 44.7 Å². The molecule has 0 aromatic rings. The van der Waals surface area contributed by atoms with Crippen molar-refractivity contribution in [3.8, 4) is 0 Å². The molecule has 1 fully saturated rings. The van der Waals surface area contributed by atoms with Crippen molar-refractivity contribution in [2.45, 2.75) is 44.7 Å². The lowest BCUT2D eigenvalue weighted by Crippen LogP contribution is -2.45. The van der Waals surface area contributed by atoms with Crippen LogP contribution in [0.15, 0.2) is 0 Å². The number of morpholine rings is 1. The summed E-state index contributed by atoms with van der Waals surface area (Å²) in [7, 11) is 2.19. The molecule has 0 amide bonds. The molecule has 0 spiro atoms. The molecule has 2 unspecified atom stereocenters. The zero-order chi connectivity index (χ0) is 12.5. The van der Waals surface area contributed by atoms with Gasteiger partial charge in [-0.1, -0.05) is 0 Å².